The average molecular weight is 323 g/mol. The van der Waals surface area contributed by atoms with Crippen molar-refractivity contribution >= 4 is 10.0 Å². The molecule has 22 heavy (non-hydrogen) atoms. The van der Waals surface area contributed by atoms with Crippen molar-refractivity contribution in [3.63, 3.8) is 0 Å². The van der Waals surface area contributed by atoms with Crippen molar-refractivity contribution in [1.82, 2.24) is 4.31 Å². The molecule has 0 amide bonds. The first-order valence-electron chi connectivity index (χ1n) is 6.99. The summed E-state index contributed by atoms with van der Waals surface area (Å²) in [6, 6.07) is 10.8. The molecule has 3 nitrogen and oxygen atoms in total. The smallest absolute Gasteiger partial charge is 0.207 e. The summed E-state index contributed by atoms with van der Waals surface area (Å²) in [5, 5.41) is 0. The quantitative estimate of drug-likeness (QED) is 0.846. The predicted molar refractivity (Wildman–Crippen MR) is 78.6 cm³/mol. The molecule has 2 aromatic rings. The molecule has 0 heterocycles. The van der Waals surface area contributed by atoms with Crippen LogP contribution < -0.4 is 0 Å². The van der Waals surface area contributed by atoms with Crippen LogP contribution in [0.2, 0.25) is 0 Å². The molecule has 0 bridgehead atoms. The van der Waals surface area contributed by atoms with Crippen molar-refractivity contribution < 1.29 is 17.2 Å². The SMILES string of the molecule is O=S(=O)(c1cccc(F)c1)N(Cc1ccccc1F)C1CC1. The molecule has 0 radical (unpaired) electrons. The number of benzene rings is 2. The Kier molecular flexibility index (Phi) is 3.97. The lowest BCUT2D eigenvalue weighted by Gasteiger charge is -2.22. The van der Waals surface area contributed by atoms with Gasteiger partial charge in [0.1, 0.15) is 11.6 Å². The van der Waals surface area contributed by atoms with Crippen LogP contribution in [0, 0.1) is 11.6 Å². The van der Waals surface area contributed by atoms with E-state index in [4.69, 9.17) is 0 Å². The Morgan fingerprint density at radius 2 is 1.77 bits per heavy atom. The second-order valence-electron chi connectivity index (χ2n) is 5.33. The van der Waals surface area contributed by atoms with E-state index in [1.54, 1.807) is 18.2 Å². The maximum Gasteiger partial charge on any atom is 0.243 e. The molecule has 0 aliphatic heterocycles. The number of rotatable bonds is 5. The first-order valence-corrected chi connectivity index (χ1v) is 8.43. The maximum absolute atomic E-state index is 13.8. The number of hydrogen-bond acceptors (Lipinski definition) is 2. The van der Waals surface area contributed by atoms with Gasteiger partial charge in [-0.25, -0.2) is 17.2 Å². The van der Waals surface area contributed by atoms with Gasteiger partial charge >= 0.3 is 0 Å². The lowest BCUT2D eigenvalue weighted by molar-refractivity contribution is 0.391. The highest BCUT2D eigenvalue weighted by atomic mass is 32.2. The van der Waals surface area contributed by atoms with Crippen molar-refractivity contribution in [2.24, 2.45) is 0 Å². The van der Waals surface area contributed by atoms with Crippen molar-refractivity contribution in [2.75, 3.05) is 0 Å². The summed E-state index contributed by atoms with van der Waals surface area (Å²) >= 11 is 0. The van der Waals surface area contributed by atoms with E-state index < -0.39 is 21.7 Å². The largest absolute Gasteiger partial charge is 0.243 e. The number of hydrogen-bond donors (Lipinski definition) is 0. The van der Waals surface area contributed by atoms with E-state index in [1.807, 2.05) is 0 Å². The molecule has 1 aliphatic rings. The highest BCUT2D eigenvalue weighted by molar-refractivity contribution is 7.89. The van der Waals surface area contributed by atoms with Gasteiger partial charge in [0.25, 0.3) is 0 Å². The van der Waals surface area contributed by atoms with Crippen molar-refractivity contribution in [1.29, 1.82) is 0 Å². The van der Waals surface area contributed by atoms with E-state index >= 15 is 0 Å². The maximum atomic E-state index is 13.8. The summed E-state index contributed by atoms with van der Waals surface area (Å²) in [6.45, 7) is -0.0454. The van der Waals surface area contributed by atoms with Crippen LogP contribution in [-0.2, 0) is 16.6 Å². The minimum absolute atomic E-state index is 0.0454. The van der Waals surface area contributed by atoms with E-state index in [0.717, 1.165) is 18.9 Å². The van der Waals surface area contributed by atoms with Crippen molar-refractivity contribution in [3.05, 3.63) is 65.7 Å². The molecule has 6 heteroatoms. The Balaban J connectivity index is 1.96. The summed E-state index contributed by atoms with van der Waals surface area (Å²) < 4.78 is 53.8. The Hall–Kier alpha value is -1.79. The number of sulfonamides is 1. The van der Waals surface area contributed by atoms with Gasteiger partial charge in [0.2, 0.25) is 10.0 Å². The molecule has 1 fully saturated rings. The van der Waals surface area contributed by atoms with Gasteiger partial charge in [-0.3, -0.25) is 0 Å². The highest BCUT2D eigenvalue weighted by Gasteiger charge is 2.38. The summed E-state index contributed by atoms with van der Waals surface area (Å²) in [5.74, 6) is -1.05. The summed E-state index contributed by atoms with van der Waals surface area (Å²) in [7, 11) is -3.85. The van der Waals surface area contributed by atoms with Crippen LogP contribution in [0.25, 0.3) is 0 Å². The highest BCUT2D eigenvalue weighted by Crippen LogP contribution is 2.34. The zero-order valence-electron chi connectivity index (χ0n) is 11.7. The molecule has 0 unspecified atom stereocenters. The lowest BCUT2D eigenvalue weighted by atomic mass is 10.2. The number of halogens is 2. The molecule has 2 aromatic carbocycles. The summed E-state index contributed by atoms with van der Waals surface area (Å²) in [6.07, 6.45) is 1.48. The van der Waals surface area contributed by atoms with Crippen molar-refractivity contribution in [3.8, 4) is 0 Å². The average Bonchev–Trinajstić information content (AvgIpc) is 3.30. The van der Waals surface area contributed by atoms with Gasteiger partial charge in [0.05, 0.1) is 4.90 Å². The third-order valence-electron chi connectivity index (χ3n) is 3.64. The van der Waals surface area contributed by atoms with Crippen LogP contribution in [-0.4, -0.2) is 18.8 Å². The zero-order valence-corrected chi connectivity index (χ0v) is 12.6. The Bertz CT molecular complexity index is 788. The molecule has 1 aliphatic carbocycles. The Morgan fingerprint density at radius 1 is 1.05 bits per heavy atom. The minimum atomic E-state index is -3.85. The van der Waals surface area contributed by atoms with Gasteiger partial charge in [-0.2, -0.15) is 4.31 Å². The normalized spacial score (nSPS) is 15.2. The molecule has 0 aromatic heterocycles. The molecule has 3 rings (SSSR count). The van der Waals surface area contributed by atoms with Crippen LogP contribution >= 0.6 is 0 Å². The third kappa shape index (κ3) is 3.03. The third-order valence-corrected chi connectivity index (χ3v) is 5.54. The van der Waals surface area contributed by atoms with E-state index in [0.29, 0.717) is 5.56 Å². The monoisotopic (exact) mass is 323 g/mol. The lowest BCUT2D eigenvalue weighted by Crippen LogP contribution is -2.33. The van der Waals surface area contributed by atoms with E-state index in [9.17, 15) is 17.2 Å². The molecule has 0 atom stereocenters. The molecule has 0 N–H and O–H groups in total. The Morgan fingerprint density at radius 3 is 2.41 bits per heavy atom. The fraction of sp³-hybridized carbons (Fsp3) is 0.250. The molecule has 0 spiro atoms. The van der Waals surface area contributed by atoms with E-state index in [-0.39, 0.29) is 17.5 Å². The first kappa shape index (κ1) is 15.1. The zero-order chi connectivity index (χ0) is 15.7. The second kappa shape index (κ2) is 5.78. The van der Waals surface area contributed by atoms with Gasteiger partial charge < -0.3 is 0 Å². The van der Waals surface area contributed by atoms with Gasteiger partial charge in [0.15, 0.2) is 0 Å². The van der Waals surface area contributed by atoms with Gasteiger partial charge in [-0.05, 0) is 37.1 Å². The van der Waals surface area contributed by atoms with Crippen LogP contribution in [0.3, 0.4) is 0 Å². The fourth-order valence-corrected chi connectivity index (χ4v) is 4.03. The molecule has 1 saturated carbocycles. The van der Waals surface area contributed by atoms with Crippen LogP contribution in [0.4, 0.5) is 8.78 Å². The molecule has 0 saturated heterocycles. The molecule has 116 valence electrons. The number of nitrogens with zero attached hydrogens (tertiary/aromatic N) is 1. The second-order valence-corrected chi connectivity index (χ2v) is 7.22. The van der Waals surface area contributed by atoms with Crippen molar-refractivity contribution in [2.45, 2.75) is 30.3 Å². The fourth-order valence-electron chi connectivity index (χ4n) is 2.33. The van der Waals surface area contributed by atoms with Gasteiger partial charge in [-0.1, -0.05) is 24.3 Å². The summed E-state index contributed by atoms with van der Waals surface area (Å²) in [5.41, 5.74) is 0.314. The van der Waals surface area contributed by atoms with Gasteiger partial charge in [0, 0.05) is 18.2 Å². The summed E-state index contributed by atoms with van der Waals surface area (Å²) in [4.78, 5) is -0.101. The Labute approximate surface area is 128 Å². The van der Waals surface area contributed by atoms with Crippen LogP contribution in [0.15, 0.2) is 53.4 Å². The predicted octanol–water partition coefficient (Wildman–Crippen LogP) is 3.32. The van der Waals surface area contributed by atoms with Gasteiger partial charge in [-0.15, -0.1) is 0 Å². The van der Waals surface area contributed by atoms with Crippen LogP contribution in [0.5, 0.6) is 0 Å². The standard InChI is InChI=1S/C16H15F2NO2S/c17-13-5-3-6-15(10-13)22(20,21)19(14-8-9-14)11-12-4-1-2-7-16(12)18/h1-7,10,14H,8-9,11H2. The molecular weight excluding hydrogens is 308 g/mol. The minimum Gasteiger partial charge on any atom is -0.207 e. The first-order chi connectivity index (χ1) is 10.5. The molecular formula is C16H15F2NO2S. The van der Waals surface area contributed by atoms with E-state index in [1.165, 1.54) is 28.6 Å². The topological polar surface area (TPSA) is 37.4 Å². The van der Waals surface area contributed by atoms with Crippen LogP contribution in [0.1, 0.15) is 18.4 Å². The van der Waals surface area contributed by atoms with E-state index in [2.05, 4.69) is 0 Å².